The van der Waals surface area contributed by atoms with E-state index in [4.69, 9.17) is 9.84 Å². The quantitative estimate of drug-likeness (QED) is 0.839. The van der Waals surface area contributed by atoms with Crippen molar-refractivity contribution in [1.82, 2.24) is 0 Å². The van der Waals surface area contributed by atoms with Gasteiger partial charge in [-0.25, -0.2) is 8.78 Å². The van der Waals surface area contributed by atoms with Crippen LogP contribution in [0.1, 0.15) is 13.3 Å². The predicted octanol–water partition coefficient (Wildman–Crippen LogP) is 2.21. The maximum Gasteiger partial charge on any atom is 0.307 e. The molecule has 1 N–H and O–H groups in total. The van der Waals surface area contributed by atoms with Crippen LogP contribution in [0.4, 0.5) is 8.78 Å². The molecule has 82 valence electrons. The van der Waals surface area contributed by atoms with Crippen molar-refractivity contribution in [2.24, 2.45) is 0 Å². The van der Waals surface area contributed by atoms with Gasteiger partial charge in [0.1, 0.15) is 23.5 Å². The van der Waals surface area contributed by atoms with Crippen LogP contribution in [0.2, 0.25) is 0 Å². The first-order valence-electron chi connectivity index (χ1n) is 4.32. The minimum absolute atomic E-state index is 0.0127. The predicted molar refractivity (Wildman–Crippen MR) is 48.7 cm³/mol. The molecular weight excluding hydrogens is 206 g/mol. The molecule has 1 aromatic carbocycles. The van der Waals surface area contributed by atoms with Crippen molar-refractivity contribution in [3.05, 3.63) is 29.8 Å². The van der Waals surface area contributed by atoms with Crippen LogP contribution < -0.4 is 4.74 Å². The molecule has 0 amide bonds. The van der Waals surface area contributed by atoms with Gasteiger partial charge >= 0.3 is 5.97 Å². The first kappa shape index (κ1) is 11.4. The molecule has 1 atom stereocenters. The Morgan fingerprint density at radius 1 is 1.40 bits per heavy atom. The molecule has 1 aromatic rings. The average molecular weight is 216 g/mol. The Hall–Kier alpha value is -1.65. The molecule has 0 saturated heterocycles. The second-order valence-electron chi connectivity index (χ2n) is 3.13. The molecule has 0 unspecified atom stereocenters. The van der Waals surface area contributed by atoms with E-state index in [0.29, 0.717) is 6.07 Å². The highest BCUT2D eigenvalue weighted by molar-refractivity contribution is 5.67. The Morgan fingerprint density at radius 3 is 2.40 bits per heavy atom. The van der Waals surface area contributed by atoms with Gasteiger partial charge in [0.2, 0.25) is 0 Å². The number of ether oxygens (including phenoxy) is 1. The summed E-state index contributed by atoms with van der Waals surface area (Å²) in [4.78, 5) is 10.3. The van der Waals surface area contributed by atoms with Crippen LogP contribution in [0.5, 0.6) is 5.75 Å². The number of rotatable bonds is 4. The van der Waals surface area contributed by atoms with Crippen LogP contribution >= 0.6 is 0 Å². The molecule has 0 aliphatic carbocycles. The zero-order chi connectivity index (χ0) is 11.4. The van der Waals surface area contributed by atoms with Crippen molar-refractivity contribution in [3.63, 3.8) is 0 Å². The SMILES string of the molecule is C[C@@H](CC(=O)O)Oc1cc(F)cc(F)c1. The lowest BCUT2D eigenvalue weighted by molar-refractivity contribution is -0.138. The standard InChI is InChI=1S/C10H10F2O3/c1-6(2-10(13)14)15-9-4-7(11)3-8(12)5-9/h3-6H,2H2,1H3,(H,13,14)/t6-/m0/s1. The maximum absolute atomic E-state index is 12.7. The summed E-state index contributed by atoms with van der Waals surface area (Å²) in [6.45, 7) is 1.51. The van der Waals surface area contributed by atoms with Crippen LogP contribution in [-0.4, -0.2) is 17.2 Å². The summed E-state index contributed by atoms with van der Waals surface area (Å²) in [6.07, 6.45) is -0.860. The fourth-order valence-electron chi connectivity index (χ4n) is 1.12. The molecule has 0 aromatic heterocycles. The second kappa shape index (κ2) is 4.72. The number of carboxylic acid groups (broad SMARTS) is 1. The van der Waals surface area contributed by atoms with Crippen molar-refractivity contribution < 1.29 is 23.4 Å². The lowest BCUT2D eigenvalue weighted by Gasteiger charge is -2.12. The Kier molecular flexibility index (Phi) is 3.60. The van der Waals surface area contributed by atoms with E-state index in [2.05, 4.69) is 0 Å². The molecular formula is C10H10F2O3. The van der Waals surface area contributed by atoms with E-state index in [1.54, 1.807) is 0 Å². The van der Waals surface area contributed by atoms with Crippen LogP contribution in [0.15, 0.2) is 18.2 Å². The first-order chi connectivity index (χ1) is 6.97. The van der Waals surface area contributed by atoms with E-state index in [1.807, 2.05) is 0 Å². The van der Waals surface area contributed by atoms with Crippen LogP contribution in [0.3, 0.4) is 0 Å². The summed E-state index contributed by atoms with van der Waals surface area (Å²) >= 11 is 0. The van der Waals surface area contributed by atoms with Crippen molar-refractivity contribution >= 4 is 5.97 Å². The third-order valence-corrected chi connectivity index (χ3v) is 1.64. The number of hydrogen-bond donors (Lipinski definition) is 1. The molecule has 0 bridgehead atoms. The molecule has 0 saturated carbocycles. The number of carbonyl (C=O) groups is 1. The van der Waals surface area contributed by atoms with Gasteiger partial charge in [0.05, 0.1) is 6.42 Å². The molecule has 0 spiro atoms. The van der Waals surface area contributed by atoms with Gasteiger partial charge in [-0.3, -0.25) is 4.79 Å². The van der Waals surface area contributed by atoms with Gasteiger partial charge in [-0.05, 0) is 6.92 Å². The molecule has 0 aliphatic heterocycles. The van der Waals surface area contributed by atoms with Gasteiger partial charge in [-0.1, -0.05) is 0 Å². The molecule has 0 fully saturated rings. The van der Waals surface area contributed by atoms with E-state index < -0.39 is 23.7 Å². The van der Waals surface area contributed by atoms with E-state index in [9.17, 15) is 13.6 Å². The number of hydrogen-bond acceptors (Lipinski definition) is 2. The van der Waals surface area contributed by atoms with E-state index in [-0.39, 0.29) is 12.2 Å². The van der Waals surface area contributed by atoms with Gasteiger partial charge in [0.25, 0.3) is 0 Å². The minimum atomic E-state index is -1.03. The van der Waals surface area contributed by atoms with Gasteiger partial charge < -0.3 is 9.84 Å². The zero-order valence-corrected chi connectivity index (χ0v) is 8.04. The van der Waals surface area contributed by atoms with E-state index >= 15 is 0 Å². The van der Waals surface area contributed by atoms with Crippen molar-refractivity contribution in [3.8, 4) is 5.75 Å². The third-order valence-electron chi connectivity index (χ3n) is 1.64. The first-order valence-corrected chi connectivity index (χ1v) is 4.32. The van der Waals surface area contributed by atoms with Crippen molar-refractivity contribution in [2.45, 2.75) is 19.4 Å². The van der Waals surface area contributed by atoms with Gasteiger partial charge in [-0.2, -0.15) is 0 Å². The van der Waals surface area contributed by atoms with Crippen LogP contribution in [-0.2, 0) is 4.79 Å². The monoisotopic (exact) mass is 216 g/mol. The van der Waals surface area contributed by atoms with Gasteiger partial charge in [0.15, 0.2) is 0 Å². The molecule has 5 heteroatoms. The highest BCUT2D eigenvalue weighted by Gasteiger charge is 2.10. The minimum Gasteiger partial charge on any atom is -0.490 e. The Morgan fingerprint density at radius 2 is 1.93 bits per heavy atom. The zero-order valence-electron chi connectivity index (χ0n) is 8.04. The van der Waals surface area contributed by atoms with E-state index in [1.165, 1.54) is 6.92 Å². The van der Waals surface area contributed by atoms with Gasteiger partial charge in [-0.15, -0.1) is 0 Å². The largest absolute Gasteiger partial charge is 0.490 e. The third kappa shape index (κ3) is 3.93. The highest BCUT2D eigenvalue weighted by Crippen LogP contribution is 2.17. The summed E-state index contributed by atoms with van der Waals surface area (Å²) in [5.41, 5.74) is 0. The normalized spacial score (nSPS) is 12.2. The highest BCUT2D eigenvalue weighted by atomic mass is 19.1. The van der Waals surface area contributed by atoms with Gasteiger partial charge in [0, 0.05) is 18.2 Å². The lowest BCUT2D eigenvalue weighted by Crippen LogP contribution is -2.16. The maximum atomic E-state index is 12.7. The number of halogens is 2. The summed E-state index contributed by atoms with van der Waals surface area (Å²) in [7, 11) is 0. The molecule has 0 radical (unpaired) electrons. The average Bonchev–Trinajstić information content (AvgIpc) is 1.98. The fraction of sp³-hybridized carbons (Fsp3) is 0.300. The fourth-order valence-corrected chi connectivity index (χ4v) is 1.12. The molecule has 3 nitrogen and oxygen atoms in total. The summed E-state index contributed by atoms with van der Waals surface area (Å²) in [6, 6.07) is 2.72. The summed E-state index contributed by atoms with van der Waals surface area (Å²) < 4.78 is 30.4. The topological polar surface area (TPSA) is 46.5 Å². The molecule has 15 heavy (non-hydrogen) atoms. The van der Waals surface area contributed by atoms with E-state index in [0.717, 1.165) is 12.1 Å². The second-order valence-corrected chi connectivity index (χ2v) is 3.13. The Labute approximate surface area is 85.3 Å². The van der Waals surface area contributed by atoms with Crippen LogP contribution in [0.25, 0.3) is 0 Å². The lowest BCUT2D eigenvalue weighted by atomic mass is 10.2. The summed E-state index contributed by atoms with van der Waals surface area (Å²) in [5.74, 6) is -2.55. The Bertz CT molecular complexity index is 345. The number of carboxylic acids is 1. The van der Waals surface area contributed by atoms with Crippen molar-refractivity contribution in [2.75, 3.05) is 0 Å². The number of benzene rings is 1. The number of aliphatic carboxylic acids is 1. The molecule has 0 heterocycles. The summed E-state index contributed by atoms with van der Waals surface area (Å²) in [5, 5.41) is 8.44. The van der Waals surface area contributed by atoms with Crippen molar-refractivity contribution in [1.29, 1.82) is 0 Å². The smallest absolute Gasteiger partial charge is 0.307 e. The Balaban J connectivity index is 2.67. The molecule has 1 rings (SSSR count). The van der Waals surface area contributed by atoms with Crippen LogP contribution in [0, 0.1) is 11.6 Å². The molecule has 0 aliphatic rings.